The molecule has 0 atom stereocenters. The van der Waals surface area contributed by atoms with Gasteiger partial charge in [-0.25, -0.2) is 4.98 Å². The monoisotopic (exact) mass is 214 g/mol. The van der Waals surface area contributed by atoms with Gasteiger partial charge in [-0.1, -0.05) is 6.92 Å². The van der Waals surface area contributed by atoms with E-state index in [1.165, 1.54) is 11.1 Å². The van der Waals surface area contributed by atoms with Crippen molar-refractivity contribution in [2.45, 2.75) is 13.3 Å². The van der Waals surface area contributed by atoms with Gasteiger partial charge < -0.3 is 4.74 Å². The van der Waals surface area contributed by atoms with Crippen molar-refractivity contribution in [3.63, 3.8) is 0 Å². The third kappa shape index (κ3) is 2.03. The predicted molar refractivity (Wildman–Crippen MR) is 63.4 cm³/mol. The van der Waals surface area contributed by atoms with Crippen LogP contribution in [0.5, 0.6) is 5.88 Å². The second-order valence-electron chi connectivity index (χ2n) is 3.48. The van der Waals surface area contributed by atoms with Crippen molar-refractivity contribution in [3.8, 4) is 17.0 Å². The fourth-order valence-corrected chi connectivity index (χ4v) is 1.65. The molecule has 2 heterocycles. The average Bonchev–Trinajstić information content (AvgIpc) is 2.39. The number of aryl methyl sites for hydroxylation is 1. The Morgan fingerprint density at radius 2 is 2.06 bits per heavy atom. The third-order valence-corrected chi connectivity index (χ3v) is 2.54. The van der Waals surface area contributed by atoms with E-state index in [0.29, 0.717) is 5.88 Å². The zero-order valence-electron chi connectivity index (χ0n) is 9.47. The molecule has 0 fully saturated rings. The van der Waals surface area contributed by atoms with E-state index in [1.54, 1.807) is 13.3 Å². The van der Waals surface area contributed by atoms with E-state index < -0.39 is 0 Å². The van der Waals surface area contributed by atoms with Crippen molar-refractivity contribution in [1.82, 2.24) is 9.97 Å². The van der Waals surface area contributed by atoms with Crippen molar-refractivity contribution < 1.29 is 4.74 Å². The standard InChI is InChI=1S/C13H14N2O/c1-3-10-8-14-7-6-12(10)11-4-5-13(16-2)15-9-11/h4-9H,3H2,1-2H3. The van der Waals surface area contributed by atoms with Crippen LogP contribution in [0.15, 0.2) is 36.8 Å². The van der Waals surface area contributed by atoms with Crippen molar-refractivity contribution in [2.75, 3.05) is 7.11 Å². The van der Waals surface area contributed by atoms with Gasteiger partial charge >= 0.3 is 0 Å². The molecule has 0 aliphatic carbocycles. The zero-order valence-corrected chi connectivity index (χ0v) is 9.47. The molecule has 0 radical (unpaired) electrons. The first-order valence-electron chi connectivity index (χ1n) is 5.28. The summed E-state index contributed by atoms with van der Waals surface area (Å²) < 4.78 is 5.04. The van der Waals surface area contributed by atoms with E-state index in [2.05, 4.69) is 16.9 Å². The molecule has 2 aromatic rings. The topological polar surface area (TPSA) is 35.0 Å². The first kappa shape index (κ1) is 10.6. The fourth-order valence-electron chi connectivity index (χ4n) is 1.65. The molecule has 0 unspecified atom stereocenters. The molecule has 0 spiro atoms. The summed E-state index contributed by atoms with van der Waals surface area (Å²) in [6, 6.07) is 5.90. The van der Waals surface area contributed by atoms with Crippen LogP contribution < -0.4 is 4.74 Å². The van der Waals surface area contributed by atoms with E-state index in [-0.39, 0.29) is 0 Å². The molecule has 0 aliphatic heterocycles. The van der Waals surface area contributed by atoms with Gasteiger partial charge in [0.15, 0.2) is 0 Å². The van der Waals surface area contributed by atoms with Gasteiger partial charge in [-0.05, 0) is 29.7 Å². The van der Waals surface area contributed by atoms with Gasteiger partial charge in [0, 0.05) is 30.2 Å². The quantitative estimate of drug-likeness (QED) is 0.788. The Bertz CT molecular complexity index is 466. The zero-order chi connectivity index (χ0) is 11.4. The lowest BCUT2D eigenvalue weighted by Gasteiger charge is -2.07. The maximum absolute atomic E-state index is 5.04. The van der Waals surface area contributed by atoms with Gasteiger partial charge in [-0.15, -0.1) is 0 Å². The minimum Gasteiger partial charge on any atom is -0.481 e. The highest BCUT2D eigenvalue weighted by Gasteiger charge is 2.03. The van der Waals surface area contributed by atoms with Crippen LogP contribution in [0.3, 0.4) is 0 Å². The lowest BCUT2D eigenvalue weighted by molar-refractivity contribution is 0.398. The molecule has 0 saturated heterocycles. The SMILES string of the molecule is CCc1cnccc1-c1ccc(OC)nc1. The molecule has 0 aliphatic rings. The van der Waals surface area contributed by atoms with Gasteiger partial charge in [0.2, 0.25) is 5.88 Å². The maximum Gasteiger partial charge on any atom is 0.212 e. The summed E-state index contributed by atoms with van der Waals surface area (Å²) in [4.78, 5) is 8.34. The molecule has 16 heavy (non-hydrogen) atoms. The minimum atomic E-state index is 0.635. The number of rotatable bonds is 3. The van der Waals surface area contributed by atoms with E-state index in [1.807, 2.05) is 30.6 Å². The lowest BCUT2D eigenvalue weighted by atomic mass is 10.0. The smallest absolute Gasteiger partial charge is 0.212 e. The van der Waals surface area contributed by atoms with Crippen molar-refractivity contribution in [1.29, 1.82) is 0 Å². The summed E-state index contributed by atoms with van der Waals surface area (Å²) in [6.07, 6.45) is 6.50. The van der Waals surface area contributed by atoms with E-state index >= 15 is 0 Å². The molecule has 2 rings (SSSR count). The Labute approximate surface area is 95.1 Å². The Hall–Kier alpha value is -1.90. The van der Waals surface area contributed by atoms with E-state index in [4.69, 9.17) is 4.74 Å². The predicted octanol–water partition coefficient (Wildman–Crippen LogP) is 2.71. The number of aromatic nitrogens is 2. The summed E-state index contributed by atoms with van der Waals surface area (Å²) in [6.45, 7) is 2.12. The van der Waals surface area contributed by atoms with Crippen molar-refractivity contribution in [2.24, 2.45) is 0 Å². The molecule has 3 nitrogen and oxygen atoms in total. The van der Waals surface area contributed by atoms with Crippen LogP contribution in [0.2, 0.25) is 0 Å². The Kier molecular flexibility index (Phi) is 3.15. The number of nitrogens with zero attached hydrogens (tertiary/aromatic N) is 2. The van der Waals surface area contributed by atoms with Crippen LogP contribution in [-0.2, 0) is 6.42 Å². The fraction of sp³-hybridized carbons (Fsp3) is 0.231. The van der Waals surface area contributed by atoms with Crippen LogP contribution in [0.25, 0.3) is 11.1 Å². The molecular formula is C13H14N2O. The van der Waals surface area contributed by atoms with Crippen molar-refractivity contribution >= 4 is 0 Å². The Balaban J connectivity index is 2.42. The van der Waals surface area contributed by atoms with E-state index in [0.717, 1.165) is 12.0 Å². The first-order valence-corrected chi connectivity index (χ1v) is 5.28. The summed E-state index contributed by atoms with van der Waals surface area (Å²) in [5.41, 5.74) is 3.52. The third-order valence-electron chi connectivity index (χ3n) is 2.54. The molecule has 2 aromatic heterocycles. The number of methoxy groups -OCH3 is 1. The van der Waals surface area contributed by atoms with Crippen molar-refractivity contribution in [3.05, 3.63) is 42.4 Å². The normalized spacial score (nSPS) is 10.1. The van der Waals surface area contributed by atoms with Crippen LogP contribution >= 0.6 is 0 Å². The van der Waals surface area contributed by atoms with Crippen LogP contribution in [0, 0.1) is 0 Å². The highest BCUT2D eigenvalue weighted by atomic mass is 16.5. The molecule has 0 aromatic carbocycles. The number of pyridine rings is 2. The second kappa shape index (κ2) is 4.75. The van der Waals surface area contributed by atoms with Gasteiger partial charge in [0.25, 0.3) is 0 Å². The number of hydrogen-bond acceptors (Lipinski definition) is 3. The van der Waals surface area contributed by atoms with Gasteiger partial charge in [0.1, 0.15) is 0 Å². The van der Waals surface area contributed by atoms with Gasteiger partial charge in [0.05, 0.1) is 7.11 Å². The summed E-state index contributed by atoms with van der Waals surface area (Å²) in [5, 5.41) is 0. The number of ether oxygens (including phenoxy) is 1. The molecule has 82 valence electrons. The lowest BCUT2D eigenvalue weighted by Crippen LogP contribution is -1.91. The van der Waals surface area contributed by atoms with Crippen LogP contribution in [0.4, 0.5) is 0 Å². The second-order valence-corrected chi connectivity index (χ2v) is 3.48. The Morgan fingerprint density at radius 1 is 1.19 bits per heavy atom. The molecule has 3 heteroatoms. The molecule has 0 saturated carbocycles. The van der Waals surface area contributed by atoms with E-state index in [9.17, 15) is 0 Å². The summed E-state index contributed by atoms with van der Waals surface area (Å²) in [5.74, 6) is 0.635. The van der Waals surface area contributed by atoms with Crippen LogP contribution in [0.1, 0.15) is 12.5 Å². The van der Waals surface area contributed by atoms with Gasteiger partial charge in [-0.3, -0.25) is 4.98 Å². The summed E-state index contributed by atoms with van der Waals surface area (Å²) in [7, 11) is 1.62. The summed E-state index contributed by atoms with van der Waals surface area (Å²) >= 11 is 0. The molecule has 0 amide bonds. The highest BCUT2D eigenvalue weighted by molar-refractivity contribution is 5.66. The molecule has 0 N–H and O–H groups in total. The maximum atomic E-state index is 5.04. The highest BCUT2D eigenvalue weighted by Crippen LogP contribution is 2.23. The Morgan fingerprint density at radius 3 is 2.69 bits per heavy atom. The number of hydrogen-bond donors (Lipinski definition) is 0. The van der Waals surface area contributed by atoms with Gasteiger partial charge in [-0.2, -0.15) is 0 Å². The minimum absolute atomic E-state index is 0.635. The molecular weight excluding hydrogens is 200 g/mol. The first-order chi connectivity index (χ1) is 7.85. The van der Waals surface area contributed by atoms with Crippen LogP contribution in [-0.4, -0.2) is 17.1 Å². The molecule has 0 bridgehead atoms. The largest absolute Gasteiger partial charge is 0.481 e. The average molecular weight is 214 g/mol.